The molecule has 0 unspecified atom stereocenters. The van der Waals surface area contributed by atoms with Gasteiger partial charge in [-0.15, -0.1) is 0 Å². The Kier molecular flexibility index (Phi) is 4.26. The Labute approximate surface area is 149 Å². The van der Waals surface area contributed by atoms with Crippen LogP contribution in [-0.2, 0) is 13.0 Å². The zero-order chi connectivity index (χ0) is 17.2. The third-order valence-corrected chi connectivity index (χ3v) is 5.05. The average Bonchev–Trinajstić information content (AvgIpc) is 2.68. The zero-order valence-electron chi connectivity index (χ0n) is 14.9. The Bertz CT molecular complexity index is 886. The molecule has 4 rings (SSSR count). The molecule has 0 radical (unpaired) electrons. The van der Waals surface area contributed by atoms with Gasteiger partial charge in [0.2, 0.25) is 5.95 Å². The highest BCUT2D eigenvalue weighted by atomic mass is 15.3. The second-order valence-electron chi connectivity index (χ2n) is 6.48. The smallest absolute Gasteiger partial charge is 0.228 e. The maximum atomic E-state index is 4.98. The predicted molar refractivity (Wildman–Crippen MR) is 104 cm³/mol. The number of hydrogen-bond acceptors (Lipinski definition) is 4. The highest BCUT2D eigenvalue weighted by Gasteiger charge is 2.20. The topological polar surface area (TPSA) is 32.3 Å². The fraction of sp³-hybridized carbons (Fsp3) is 0.333. The molecule has 0 saturated heterocycles. The van der Waals surface area contributed by atoms with Crippen molar-refractivity contribution in [2.24, 2.45) is 0 Å². The summed E-state index contributed by atoms with van der Waals surface area (Å²) in [6.45, 7) is 8.09. The zero-order valence-corrected chi connectivity index (χ0v) is 14.9. The highest BCUT2D eigenvalue weighted by Crippen LogP contribution is 2.29. The SMILES string of the molecule is CCN(CC)c1nc(N2CCc3ccccc3C2)nc2ccccc12. The Morgan fingerprint density at radius 2 is 1.64 bits per heavy atom. The second-order valence-corrected chi connectivity index (χ2v) is 6.48. The molecule has 1 aromatic heterocycles. The third kappa shape index (κ3) is 2.93. The molecule has 1 aliphatic rings. The van der Waals surface area contributed by atoms with E-state index in [1.165, 1.54) is 11.1 Å². The molecular weight excluding hydrogens is 308 g/mol. The van der Waals surface area contributed by atoms with Crippen molar-refractivity contribution in [2.45, 2.75) is 26.8 Å². The van der Waals surface area contributed by atoms with Crippen molar-refractivity contribution < 1.29 is 0 Å². The van der Waals surface area contributed by atoms with E-state index in [0.29, 0.717) is 0 Å². The lowest BCUT2D eigenvalue weighted by Crippen LogP contribution is -2.32. The summed E-state index contributed by atoms with van der Waals surface area (Å²) >= 11 is 0. The maximum absolute atomic E-state index is 4.98. The maximum Gasteiger partial charge on any atom is 0.228 e. The largest absolute Gasteiger partial charge is 0.356 e. The van der Waals surface area contributed by atoms with Gasteiger partial charge in [-0.05, 0) is 43.5 Å². The fourth-order valence-electron chi connectivity index (χ4n) is 3.62. The molecule has 2 heterocycles. The van der Waals surface area contributed by atoms with Crippen molar-refractivity contribution in [3.63, 3.8) is 0 Å². The molecule has 2 aromatic carbocycles. The van der Waals surface area contributed by atoms with Crippen LogP contribution < -0.4 is 9.80 Å². The summed E-state index contributed by atoms with van der Waals surface area (Å²) in [5.74, 6) is 1.89. The van der Waals surface area contributed by atoms with Crippen LogP contribution in [0, 0.1) is 0 Å². The first-order valence-corrected chi connectivity index (χ1v) is 9.13. The number of anilines is 2. The van der Waals surface area contributed by atoms with Crippen LogP contribution in [0.1, 0.15) is 25.0 Å². The number of hydrogen-bond donors (Lipinski definition) is 0. The Morgan fingerprint density at radius 1 is 0.920 bits per heavy atom. The standard InChI is InChI=1S/C21H24N4/c1-3-24(4-2)20-18-11-7-8-12-19(18)22-21(23-20)25-14-13-16-9-5-6-10-17(16)15-25/h5-12H,3-4,13-15H2,1-2H3. The van der Waals surface area contributed by atoms with E-state index in [1.807, 2.05) is 0 Å². The van der Waals surface area contributed by atoms with Gasteiger partial charge in [-0.25, -0.2) is 4.98 Å². The minimum Gasteiger partial charge on any atom is -0.356 e. The molecule has 3 aromatic rings. The highest BCUT2D eigenvalue weighted by molar-refractivity contribution is 5.90. The molecule has 4 heteroatoms. The first kappa shape index (κ1) is 15.9. The van der Waals surface area contributed by atoms with Gasteiger partial charge in [-0.3, -0.25) is 0 Å². The van der Waals surface area contributed by atoms with E-state index < -0.39 is 0 Å². The lowest BCUT2D eigenvalue weighted by atomic mass is 10.0. The molecule has 0 atom stereocenters. The van der Waals surface area contributed by atoms with E-state index in [9.17, 15) is 0 Å². The van der Waals surface area contributed by atoms with Gasteiger partial charge in [-0.2, -0.15) is 4.98 Å². The van der Waals surface area contributed by atoms with Crippen molar-refractivity contribution in [3.05, 3.63) is 59.7 Å². The van der Waals surface area contributed by atoms with Gasteiger partial charge >= 0.3 is 0 Å². The van der Waals surface area contributed by atoms with Crippen molar-refractivity contribution >= 4 is 22.7 Å². The van der Waals surface area contributed by atoms with Crippen LogP contribution in [0.2, 0.25) is 0 Å². The van der Waals surface area contributed by atoms with Crippen molar-refractivity contribution in [1.82, 2.24) is 9.97 Å². The van der Waals surface area contributed by atoms with Crippen molar-refractivity contribution in [1.29, 1.82) is 0 Å². The molecule has 0 amide bonds. The van der Waals surface area contributed by atoms with Gasteiger partial charge in [0, 0.05) is 31.6 Å². The first-order valence-electron chi connectivity index (χ1n) is 9.13. The molecule has 0 spiro atoms. The number of aromatic nitrogens is 2. The quantitative estimate of drug-likeness (QED) is 0.722. The van der Waals surface area contributed by atoms with Crippen LogP contribution in [0.4, 0.5) is 11.8 Å². The summed E-state index contributed by atoms with van der Waals surface area (Å²) in [6, 6.07) is 17.0. The van der Waals surface area contributed by atoms with E-state index in [-0.39, 0.29) is 0 Å². The van der Waals surface area contributed by atoms with E-state index in [0.717, 1.165) is 55.3 Å². The summed E-state index contributed by atoms with van der Waals surface area (Å²) < 4.78 is 0. The number of para-hydroxylation sites is 1. The summed E-state index contributed by atoms with van der Waals surface area (Å²) in [6.07, 6.45) is 1.05. The van der Waals surface area contributed by atoms with Gasteiger partial charge in [0.05, 0.1) is 5.52 Å². The van der Waals surface area contributed by atoms with Gasteiger partial charge in [0.15, 0.2) is 0 Å². The fourth-order valence-corrected chi connectivity index (χ4v) is 3.62. The Hall–Kier alpha value is -2.62. The van der Waals surface area contributed by atoms with Crippen LogP contribution in [-0.4, -0.2) is 29.6 Å². The van der Waals surface area contributed by atoms with Crippen LogP contribution in [0.25, 0.3) is 10.9 Å². The third-order valence-electron chi connectivity index (χ3n) is 5.05. The van der Waals surface area contributed by atoms with E-state index in [4.69, 9.17) is 9.97 Å². The van der Waals surface area contributed by atoms with Crippen molar-refractivity contribution in [2.75, 3.05) is 29.4 Å². The van der Waals surface area contributed by atoms with Gasteiger partial charge in [-0.1, -0.05) is 36.4 Å². The lowest BCUT2D eigenvalue weighted by molar-refractivity contribution is 0.707. The molecular formula is C21H24N4. The summed E-state index contributed by atoms with van der Waals surface area (Å²) in [4.78, 5) is 14.5. The van der Waals surface area contributed by atoms with E-state index >= 15 is 0 Å². The summed E-state index contributed by atoms with van der Waals surface area (Å²) in [7, 11) is 0. The summed E-state index contributed by atoms with van der Waals surface area (Å²) in [5.41, 5.74) is 3.85. The lowest BCUT2D eigenvalue weighted by Gasteiger charge is -2.30. The number of nitrogens with zero attached hydrogens (tertiary/aromatic N) is 4. The molecule has 4 nitrogen and oxygen atoms in total. The molecule has 128 valence electrons. The molecule has 0 N–H and O–H groups in total. The van der Waals surface area contributed by atoms with Crippen LogP contribution in [0.5, 0.6) is 0 Å². The number of benzene rings is 2. The number of rotatable bonds is 4. The predicted octanol–water partition coefficient (Wildman–Crippen LogP) is 4.04. The average molecular weight is 332 g/mol. The van der Waals surface area contributed by atoms with Gasteiger partial charge in [0.25, 0.3) is 0 Å². The molecule has 0 aliphatic carbocycles. The Balaban J connectivity index is 1.78. The first-order chi connectivity index (χ1) is 12.3. The van der Waals surface area contributed by atoms with E-state index in [2.05, 4.69) is 72.2 Å². The van der Waals surface area contributed by atoms with Crippen LogP contribution in [0.15, 0.2) is 48.5 Å². The molecule has 25 heavy (non-hydrogen) atoms. The Morgan fingerprint density at radius 3 is 2.44 bits per heavy atom. The van der Waals surface area contributed by atoms with E-state index in [1.54, 1.807) is 0 Å². The van der Waals surface area contributed by atoms with Gasteiger partial charge in [0.1, 0.15) is 5.82 Å². The monoisotopic (exact) mass is 332 g/mol. The van der Waals surface area contributed by atoms with Gasteiger partial charge < -0.3 is 9.80 Å². The molecule has 0 bridgehead atoms. The number of fused-ring (bicyclic) bond motifs is 2. The summed E-state index contributed by atoms with van der Waals surface area (Å²) in [5, 5.41) is 1.13. The molecule has 0 saturated carbocycles. The molecule has 1 aliphatic heterocycles. The van der Waals surface area contributed by atoms with Crippen molar-refractivity contribution in [3.8, 4) is 0 Å². The van der Waals surface area contributed by atoms with Crippen LogP contribution in [0.3, 0.4) is 0 Å². The minimum atomic E-state index is 0.843. The normalized spacial score (nSPS) is 13.8. The molecule has 0 fully saturated rings. The minimum absolute atomic E-state index is 0.843. The van der Waals surface area contributed by atoms with Crippen LogP contribution >= 0.6 is 0 Å². The second kappa shape index (κ2) is 6.71.